The zero-order valence-electron chi connectivity index (χ0n) is 12.2. The van der Waals surface area contributed by atoms with Crippen molar-refractivity contribution in [2.24, 2.45) is 5.73 Å². The summed E-state index contributed by atoms with van der Waals surface area (Å²) in [4.78, 5) is 4.94. The molecule has 0 aliphatic rings. The van der Waals surface area contributed by atoms with Gasteiger partial charge in [-0.25, -0.2) is 0 Å². The minimum Gasteiger partial charge on any atom is -0.370 e. The number of thiophene rings is 1. The molecule has 2 rings (SSSR count). The predicted octanol–water partition coefficient (Wildman–Crippen LogP) is 3.77. The van der Waals surface area contributed by atoms with Gasteiger partial charge in [-0.2, -0.15) is 0 Å². The van der Waals surface area contributed by atoms with Crippen LogP contribution in [0.5, 0.6) is 0 Å². The van der Waals surface area contributed by atoms with Crippen LogP contribution in [0.1, 0.15) is 26.4 Å². The van der Waals surface area contributed by atoms with Crippen LogP contribution in [0, 0.1) is 20.8 Å². The van der Waals surface area contributed by atoms with Crippen molar-refractivity contribution in [2.75, 3.05) is 11.9 Å². The zero-order valence-corrected chi connectivity index (χ0v) is 13.0. The second-order valence-electron chi connectivity index (χ2n) is 5.20. The fraction of sp³-hybridized carbons (Fsp3) is 0.375. The molecule has 0 atom stereocenters. The molecule has 0 unspecified atom stereocenters. The lowest BCUT2D eigenvalue weighted by Gasteiger charge is -2.20. The quantitative estimate of drug-likeness (QED) is 0.919. The molecule has 0 radical (unpaired) electrons. The van der Waals surface area contributed by atoms with Crippen molar-refractivity contribution in [3.8, 4) is 0 Å². The zero-order chi connectivity index (χ0) is 14.0. The molecule has 2 nitrogen and oxygen atoms in total. The maximum absolute atomic E-state index is 5.71. The van der Waals surface area contributed by atoms with E-state index in [-0.39, 0.29) is 0 Å². The highest BCUT2D eigenvalue weighted by Crippen LogP contribution is 2.25. The molecule has 0 bridgehead atoms. The lowest BCUT2D eigenvalue weighted by molar-refractivity contribution is 0.917. The van der Waals surface area contributed by atoms with Crippen LogP contribution < -0.4 is 10.6 Å². The number of anilines is 1. The monoisotopic (exact) mass is 274 g/mol. The summed E-state index contributed by atoms with van der Waals surface area (Å²) < 4.78 is 0. The molecular weight excluding hydrogens is 252 g/mol. The van der Waals surface area contributed by atoms with E-state index in [1.54, 1.807) is 11.3 Å². The van der Waals surface area contributed by atoms with Crippen molar-refractivity contribution in [1.29, 1.82) is 0 Å². The van der Waals surface area contributed by atoms with E-state index in [4.69, 9.17) is 5.73 Å². The van der Waals surface area contributed by atoms with Crippen LogP contribution in [-0.2, 0) is 13.1 Å². The summed E-state index contributed by atoms with van der Waals surface area (Å²) in [6, 6.07) is 8.91. The average Bonchev–Trinajstić information content (AvgIpc) is 2.69. The van der Waals surface area contributed by atoms with Crippen molar-refractivity contribution < 1.29 is 0 Å². The standard InChI is InChI=1S/C16H22N2S/c1-11-5-12(2)7-15(6-11)18(4)10-14-8-16(9-17)19-13(14)3/h5-8H,9-10,17H2,1-4H3. The Morgan fingerprint density at radius 2 is 1.68 bits per heavy atom. The fourth-order valence-corrected chi connectivity index (χ4v) is 3.30. The fourth-order valence-electron chi connectivity index (χ4n) is 2.36. The number of hydrogen-bond acceptors (Lipinski definition) is 3. The molecule has 0 amide bonds. The Morgan fingerprint density at radius 3 is 2.21 bits per heavy atom. The summed E-state index contributed by atoms with van der Waals surface area (Å²) >= 11 is 1.81. The Hall–Kier alpha value is -1.32. The summed E-state index contributed by atoms with van der Waals surface area (Å²) in [5, 5.41) is 0. The largest absolute Gasteiger partial charge is 0.370 e. The Bertz CT molecular complexity index is 552. The first-order chi connectivity index (χ1) is 8.99. The highest BCUT2D eigenvalue weighted by Gasteiger charge is 2.08. The van der Waals surface area contributed by atoms with Gasteiger partial charge in [-0.15, -0.1) is 11.3 Å². The second-order valence-corrected chi connectivity index (χ2v) is 6.54. The molecule has 2 N–H and O–H groups in total. The molecule has 0 saturated heterocycles. The van der Waals surface area contributed by atoms with Gasteiger partial charge in [-0.1, -0.05) is 6.07 Å². The molecule has 0 aliphatic heterocycles. The minimum atomic E-state index is 0.638. The van der Waals surface area contributed by atoms with Gasteiger partial charge in [-0.05, 0) is 55.7 Å². The van der Waals surface area contributed by atoms with E-state index < -0.39 is 0 Å². The molecule has 102 valence electrons. The molecule has 3 heteroatoms. The number of benzene rings is 1. The summed E-state index contributed by atoms with van der Waals surface area (Å²) in [6.45, 7) is 8.04. The Labute approximate surface area is 119 Å². The van der Waals surface area contributed by atoms with E-state index >= 15 is 0 Å². The van der Waals surface area contributed by atoms with Gasteiger partial charge in [0.1, 0.15) is 0 Å². The van der Waals surface area contributed by atoms with Crippen molar-refractivity contribution >= 4 is 17.0 Å². The number of nitrogens with two attached hydrogens (primary N) is 1. The number of nitrogens with zero attached hydrogens (tertiary/aromatic N) is 1. The second kappa shape index (κ2) is 5.76. The van der Waals surface area contributed by atoms with Gasteiger partial charge in [0.15, 0.2) is 0 Å². The van der Waals surface area contributed by atoms with Gasteiger partial charge in [0, 0.05) is 35.6 Å². The highest BCUT2D eigenvalue weighted by atomic mass is 32.1. The van der Waals surface area contributed by atoms with Crippen molar-refractivity contribution in [1.82, 2.24) is 0 Å². The van der Waals surface area contributed by atoms with E-state index in [2.05, 4.69) is 57.0 Å². The Kier molecular flexibility index (Phi) is 4.27. The van der Waals surface area contributed by atoms with Crippen LogP contribution in [-0.4, -0.2) is 7.05 Å². The summed E-state index contributed by atoms with van der Waals surface area (Å²) in [6.07, 6.45) is 0. The molecule has 1 aromatic heterocycles. The van der Waals surface area contributed by atoms with Crippen molar-refractivity contribution in [2.45, 2.75) is 33.9 Å². The maximum Gasteiger partial charge on any atom is 0.0437 e. The van der Waals surface area contributed by atoms with Gasteiger partial charge in [-0.3, -0.25) is 0 Å². The third-order valence-corrected chi connectivity index (χ3v) is 4.44. The van der Waals surface area contributed by atoms with Crippen LogP contribution in [0.3, 0.4) is 0 Å². The van der Waals surface area contributed by atoms with Crippen LogP contribution in [0.15, 0.2) is 24.3 Å². The Balaban J connectivity index is 2.20. The van der Waals surface area contributed by atoms with Crippen LogP contribution in [0.2, 0.25) is 0 Å². The molecular formula is C16H22N2S. The lowest BCUT2D eigenvalue weighted by Crippen LogP contribution is -2.16. The first kappa shape index (κ1) is 14.1. The molecule has 2 aromatic rings. The minimum absolute atomic E-state index is 0.638. The molecule has 1 aromatic carbocycles. The molecule has 1 heterocycles. The van der Waals surface area contributed by atoms with Crippen LogP contribution in [0.25, 0.3) is 0 Å². The number of aryl methyl sites for hydroxylation is 3. The molecule has 0 saturated carbocycles. The third kappa shape index (κ3) is 3.37. The van der Waals surface area contributed by atoms with E-state index in [1.807, 2.05) is 0 Å². The van der Waals surface area contributed by atoms with E-state index in [1.165, 1.54) is 32.1 Å². The number of hydrogen-bond donors (Lipinski definition) is 1. The van der Waals surface area contributed by atoms with Gasteiger partial charge in [0.2, 0.25) is 0 Å². The van der Waals surface area contributed by atoms with E-state index in [0.717, 1.165) is 6.54 Å². The normalized spacial score (nSPS) is 10.8. The van der Waals surface area contributed by atoms with Gasteiger partial charge >= 0.3 is 0 Å². The van der Waals surface area contributed by atoms with Gasteiger partial charge in [0.05, 0.1) is 0 Å². The first-order valence-electron chi connectivity index (χ1n) is 6.57. The van der Waals surface area contributed by atoms with Crippen LogP contribution in [0.4, 0.5) is 5.69 Å². The van der Waals surface area contributed by atoms with Crippen molar-refractivity contribution in [3.05, 3.63) is 50.7 Å². The smallest absolute Gasteiger partial charge is 0.0437 e. The SMILES string of the molecule is Cc1cc(C)cc(N(C)Cc2cc(CN)sc2C)c1. The lowest BCUT2D eigenvalue weighted by atomic mass is 10.1. The topological polar surface area (TPSA) is 29.3 Å². The van der Waals surface area contributed by atoms with E-state index in [9.17, 15) is 0 Å². The van der Waals surface area contributed by atoms with Gasteiger partial charge in [0.25, 0.3) is 0 Å². The first-order valence-corrected chi connectivity index (χ1v) is 7.39. The summed E-state index contributed by atoms with van der Waals surface area (Å²) in [5.41, 5.74) is 11.0. The summed E-state index contributed by atoms with van der Waals surface area (Å²) in [7, 11) is 2.15. The van der Waals surface area contributed by atoms with Crippen LogP contribution >= 0.6 is 11.3 Å². The summed E-state index contributed by atoms with van der Waals surface area (Å²) in [5.74, 6) is 0. The van der Waals surface area contributed by atoms with Gasteiger partial charge < -0.3 is 10.6 Å². The van der Waals surface area contributed by atoms with Crippen molar-refractivity contribution in [3.63, 3.8) is 0 Å². The predicted molar refractivity (Wildman–Crippen MR) is 85.0 cm³/mol. The Morgan fingerprint density at radius 1 is 1.05 bits per heavy atom. The highest BCUT2D eigenvalue weighted by molar-refractivity contribution is 7.12. The average molecular weight is 274 g/mol. The molecule has 0 spiro atoms. The van der Waals surface area contributed by atoms with E-state index in [0.29, 0.717) is 6.54 Å². The third-order valence-electron chi connectivity index (χ3n) is 3.33. The molecule has 0 fully saturated rings. The number of rotatable bonds is 4. The maximum atomic E-state index is 5.71. The molecule has 19 heavy (non-hydrogen) atoms. The molecule has 0 aliphatic carbocycles.